The molecule has 3 aromatic rings. The zero-order chi connectivity index (χ0) is 28.6. The van der Waals surface area contributed by atoms with Crippen LogP contribution in [0.3, 0.4) is 0 Å². The highest BCUT2D eigenvalue weighted by Crippen LogP contribution is 2.28. The highest BCUT2D eigenvalue weighted by Gasteiger charge is 2.42. The number of aromatic hydroxyl groups is 1. The number of hydrogen-bond acceptors (Lipinski definition) is 10. The van der Waals surface area contributed by atoms with Gasteiger partial charge in [-0.2, -0.15) is 0 Å². The van der Waals surface area contributed by atoms with Crippen LogP contribution in [0.4, 0.5) is 0 Å². The van der Waals surface area contributed by atoms with Crippen molar-refractivity contribution in [2.45, 2.75) is 31.6 Å². The predicted octanol–water partition coefficient (Wildman–Crippen LogP) is 2.47. The van der Waals surface area contributed by atoms with Gasteiger partial charge in [-0.25, -0.2) is 14.6 Å². The average Bonchev–Trinajstić information content (AvgIpc) is 3.00. The third kappa shape index (κ3) is 6.55. The molecule has 0 unspecified atom stereocenters. The SMILES string of the molecule is COc1ccnc(C(=O)N[C@H]2COC(=O)[C@H](Cc3ccccc3)[C@@H](OC(=O)c3ccccc3)[C@H](C)OC2=O)c1O. The smallest absolute Gasteiger partial charge is 0.338 e. The fraction of sp³-hybridized carbons (Fsp3) is 0.276. The summed E-state index contributed by atoms with van der Waals surface area (Å²) >= 11 is 0. The molecule has 11 nitrogen and oxygen atoms in total. The van der Waals surface area contributed by atoms with Crippen molar-refractivity contribution in [1.82, 2.24) is 10.3 Å². The van der Waals surface area contributed by atoms with Crippen LogP contribution in [0.15, 0.2) is 72.9 Å². The maximum Gasteiger partial charge on any atom is 0.338 e. The summed E-state index contributed by atoms with van der Waals surface area (Å²) in [5, 5.41) is 12.7. The number of carbonyl (C=O) groups excluding carboxylic acids is 4. The zero-order valence-corrected chi connectivity index (χ0v) is 21.8. The number of rotatable bonds is 7. The molecule has 1 fully saturated rings. The van der Waals surface area contributed by atoms with Crippen LogP contribution in [-0.2, 0) is 30.2 Å². The van der Waals surface area contributed by atoms with Gasteiger partial charge in [-0.3, -0.25) is 9.59 Å². The monoisotopic (exact) mass is 548 g/mol. The number of carbonyl (C=O) groups is 4. The standard InChI is InChI=1S/C29H28N2O9/c1-17-25(40-27(34)19-11-7-4-8-12-19)20(15-18-9-5-3-6-10-18)28(35)38-16-21(29(36)39-17)31-26(33)23-24(32)22(37-2)13-14-30-23/h3-14,17,20-21,25,32H,15-16H2,1-2H3,(H,31,33)/t17-,20+,21-,25-/m0/s1. The Kier molecular flexibility index (Phi) is 8.95. The first-order valence-corrected chi connectivity index (χ1v) is 12.5. The lowest BCUT2D eigenvalue weighted by molar-refractivity contribution is -0.159. The minimum absolute atomic E-state index is 0.00377. The van der Waals surface area contributed by atoms with Gasteiger partial charge in [0, 0.05) is 12.3 Å². The number of pyridine rings is 1. The van der Waals surface area contributed by atoms with Crippen LogP contribution in [0.1, 0.15) is 33.3 Å². The fourth-order valence-corrected chi connectivity index (χ4v) is 4.24. The normalized spacial score (nSPS) is 21.1. The van der Waals surface area contributed by atoms with E-state index in [1.54, 1.807) is 42.5 Å². The van der Waals surface area contributed by atoms with Gasteiger partial charge >= 0.3 is 17.9 Å². The Morgan fingerprint density at radius 1 is 1.02 bits per heavy atom. The third-order valence-electron chi connectivity index (χ3n) is 6.32. The molecule has 0 radical (unpaired) electrons. The van der Waals surface area contributed by atoms with E-state index >= 15 is 0 Å². The number of amides is 1. The van der Waals surface area contributed by atoms with Crippen LogP contribution in [0.2, 0.25) is 0 Å². The van der Waals surface area contributed by atoms with Gasteiger partial charge in [0.15, 0.2) is 29.3 Å². The van der Waals surface area contributed by atoms with Gasteiger partial charge in [0.2, 0.25) is 0 Å². The van der Waals surface area contributed by atoms with Gasteiger partial charge in [0.1, 0.15) is 18.6 Å². The van der Waals surface area contributed by atoms with E-state index in [0.29, 0.717) is 0 Å². The van der Waals surface area contributed by atoms with Gasteiger partial charge in [0.05, 0.1) is 12.7 Å². The Morgan fingerprint density at radius 2 is 1.70 bits per heavy atom. The number of cyclic esters (lactones) is 2. The van der Waals surface area contributed by atoms with Gasteiger partial charge in [-0.15, -0.1) is 0 Å². The number of methoxy groups -OCH3 is 1. The molecule has 4 atom stereocenters. The molecular weight excluding hydrogens is 520 g/mol. The topological polar surface area (TPSA) is 150 Å². The summed E-state index contributed by atoms with van der Waals surface area (Å²) < 4.78 is 21.8. The molecule has 0 aliphatic carbocycles. The van der Waals surface area contributed by atoms with E-state index in [2.05, 4.69) is 10.3 Å². The number of hydrogen-bond donors (Lipinski definition) is 2. The van der Waals surface area contributed by atoms with E-state index in [1.807, 2.05) is 18.2 Å². The van der Waals surface area contributed by atoms with Crippen molar-refractivity contribution < 1.29 is 43.2 Å². The lowest BCUT2D eigenvalue weighted by Gasteiger charge is -2.29. The van der Waals surface area contributed by atoms with Crippen LogP contribution in [0, 0.1) is 5.92 Å². The van der Waals surface area contributed by atoms with Gasteiger partial charge in [-0.05, 0) is 31.0 Å². The van der Waals surface area contributed by atoms with Crippen molar-refractivity contribution in [2.75, 3.05) is 13.7 Å². The van der Waals surface area contributed by atoms with Crippen LogP contribution in [-0.4, -0.2) is 65.9 Å². The molecule has 0 spiro atoms. The molecule has 1 saturated heterocycles. The van der Waals surface area contributed by atoms with Crippen molar-refractivity contribution in [2.24, 2.45) is 5.92 Å². The molecule has 2 heterocycles. The van der Waals surface area contributed by atoms with E-state index in [4.69, 9.17) is 18.9 Å². The van der Waals surface area contributed by atoms with E-state index in [-0.39, 0.29) is 17.7 Å². The Balaban J connectivity index is 1.60. The first-order chi connectivity index (χ1) is 19.3. The summed E-state index contributed by atoms with van der Waals surface area (Å²) in [4.78, 5) is 56.2. The summed E-state index contributed by atoms with van der Waals surface area (Å²) in [6, 6.07) is 17.2. The summed E-state index contributed by atoms with van der Waals surface area (Å²) in [5.41, 5.74) is 0.624. The van der Waals surface area contributed by atoms with Gasteiger partial charge in [0.25, 0.3) is 5.91 Å². The number of benzene rings is 2. The highest BCUT2D eigenvalue weighted by atomic mass is 16.6. The summed E-state index contributed by atoms with van der Waals surface area (Å²) in [7, 11) is 1.31. The Bertz CT molecular complexity index is 1360. The van der Waals surface area contributed by atoms with E-state index in [1.165, 1.54) is 26.3 Å². The minimum atomic E-state index is -1.44. The maximum absolute atomic E-state index is 13.4. The van der Waals surface area contributed by atoms with Gasteiger partial charge < -0.3 is 29.4 Å². The van der Waals surface area contributed by atoms with Crippen LogP contribution >= 0.6 is 0 Å². The average molecular weight is 549 g/mol. The number of nitrogens with one attached hydrogen (secondary N) is 1. The molecule has 0 bridgehead atoms. The minimum Gasteiger partial charge on any atom is -0.503 e. The first kappa shape index (κ1) is 28.1. The van der Waals surface area contributed by atoms with Crippen molar-refractivity contribution in [3.05, 3.63) is 89.7 Å². The molecule has 2 aromatic carbocycles. The molecule has 1 amide bonds. The summed E-state index contributed by atoms with van der Waals surface area (Å²) in [6.45, 7) is 0.928. The Morgan fingerprint density at radius 3 is 2.38 bits per heavy atom. The second-order valence-corrected chi connectivity index (χ2v) is 9.04. The molecule has 11 heteroatoms. The second-order valence-electron chi connectivity index (χ2n) is 9.04. The molecule has 2 N–H and O–H groups in total. The molecule has 1 aliphatic heterocycles. The summed E-state index contributed by atoms with van der Waals surface area (Å²) in [5.74, 6) is -4.86. The largest absolute Gasteiger partial charge is 0.503 e. The molecular formula is C29H28N2O9. The molecule has 208 valence electrons. The van der Waals surface area contributed by atoms with E-state index in [0.717, 1.165) is 5.56 Å². The van der Waals surface area contributed by atoms with Crippen molar-refractivity contribution >= 4 is 23.8 Å². The highest BCUT2D eigenvalue weighted by molar-refractivity contribution is 5.98. The third-order valence-corrected chi connectivity index (χ3v) is 6.32. The molecule has 1 aromatic heterocycles. The Labute approximate surface area is 230 Å². The van der Waals surface area contributed by atoms with Gasteiger partial charge in [-0.1, -0.05) is 48.5 Å². The second kappa shape index (κ2) is 12.7. The van der Waals surface area contributed by atoms with Crippen molar-refractivity contribution in [3.63, 3.8) is 0 Å². The van der Waals surface area contributed by atoms with E-state index in [9.17, 15) is 24.3 Å². The predicted molar refractivity (Wildman–Crippen MR) is 140 cm³/mol. The van der Waals surface area contributed by atoms with E-state index < -0.39 is 66.0 Å². The van der Waals surface area contributed by atoms with Crippen LogP contribution in [0.25, 0.3) is 0 Å². The van der Waals surface area contributed by atoms with Crippen LogP contribution in [0.5, 0.6) is 11.5 Å². The van der Waals surface area contributed by atoms with Crippen LogP contribution < -0.4 is 10.1 Å². The lowest BCUT2D eigenvalue weighted by atomic mass is 9.91. The molecule has 0 saturated carbocycles. The summed E-state index contributed by atoms with van der Waals surface area (Å²) in [6.07, 6.45) is -0.922. The molecule has 40 heavy (non-hydrogen) atoms. The lowest BCUT2D eigenvalue weighted by Crippen LogP contribution is -2.46. The number of esters is 3. The molecule has 1 aliphatic rings. The number of ether oxygens (including phenoxy) is 4. The fourth-order valence-electron chi connectivity index (χ4n) is 4.24. The zero-order valence-electron chi connectivity index (χ0n) is 21.8. The van der Waals surface area contributed by atoms with Crippen molar-refractivity contribution in [1.29, 1.82) is 0 Å². The maximum atomic E-state index is 13.4. The number of aromatic nitrogens is 1. The Hall–Kier alpha value is -4.93. The van der Waals surface area contributed by atoms with Crippen molar-refractivity contribution in [3.8, 4) is 11.5 Å². The first-order valence-electron chi connectivity index (χ1n) is 12.5. The number of nitrogens with zero attached hydrogens (tertiary/aromatic N) is 1. The molecule has 4 rings (SSSR count). The quantitative estimate of drug-likeness (QED) is 0.333.